The summed E-state index contributed by atoms with van der Waals surface area (Å²) in [6.45, 7) is 1.13. The molecule has 0 atom stereocenters. The largest absolute Gasteiger partial charge is 0.351 e. The van der Waals surface area contributed by atoms with Crippen LogP contribution < -0.4 is 9.62 Å². The van der Waals surface area contributed by atoms with E-state index >= 15 is 0 Å². The molecule has 42 heavy (non-hydrogen) atoms. The maximum atomic E-state index is 14.0. The summed E-state index contributed by atoms with van der Waals surface area (Å²) in [5.74, 6) is 0.855. The van der Waals surface area contributed by atoms with Gasteiger partial charge in [0.15, 0.2) is 0 Å². The van der Waals surface area contributed by atoms with Gasteiger partial charge in [-0.25, -0.2) is 13.4 Å². The number of thioether (sulfide) groups is 1. The lowest BCUT2D eigenvalue weighted by Crippen LogP contribution is -2.31. The van der Waals surface area contributed by atoms with Gasteiger partial charge in [-0.05, 0) is 77.9 Å². The van der Waals surface area contributed by atoms with Crippen LogP contribution in [0.5, 0.6) is 0 Å². The molecular formula is C31H29N5O3S3. The highest BCUT2D eigenvalue weighted by atomic mass is 32.2. The molecule has 1 amide bonds. The number of benzene rings is 3. The normalized spacial score (nSPS) is 11.3. The first-order chi connectivity index (χ1) is 20.4. The second kappa shape index (κ2) is 13.2. The molecule has 0 bridgehead atoms. The van der Waals surface area contributed by atoms with Crippen molar-refractivity contribution >= 4 is 54.8 Å². The van der Waals surface area contributed by atoms with Crippen molar-refractivity contribution in [3.63, 3.8) is 0 Å². The summed E-state index contributed by atoms with van der Waals surface area (Å²) in [7, 11) is -3.95. The number of hydrogen-bond acceptors (Lipinski definition) is 7. The van der Waals surface area contributed by atoms with Crippen LogP contribution in [0, 0.1) is 11.3 Å². The van der Waals surface area contributed by atoms with Crippen molar-refractivity contribution in [3.8, 4) is 6.07 Å². The molecule has 0 spiro atoms. The summed E-state index contributed by atoms with van der Waals surface area (Å²) in [6, 6.07) is 25.0. The van der Waals surface area contributed by atoms with Gasteiger partial charge >= 0.3 is 0 Å². The lowest BCUT2D eigenvalue weighted by Gasteiger charge is -2.25. The van der Waals surface area contributed by atoms with E-state index in [4.69, 9.17) is 5.26 Å². The van der Waals surface area contributed by atoms with Gasteiger partial charge in [-0.3, -0.25) is 9.10 Å². The highest BCUT2D eigenvalue weighted by Gasteiger charge is 2.27. The molecule has 1 N–H and O–H groups in total. The molecule has 11 heteroatoms. The second-order valence-electron chi connectivity index (χ2n) is 9.58. The molecule has 0 aliphatic heterocycles. The molecule has 0 aliphatic carbocycles. The van der Waals surface area contributed by atoms with Crippen molar-refractivity contribution < 1.29 is 13.2 Å². The number of nitrogens with one attached hydrogen (secondary N) is 1. The van der Waals surface area contributed by atoms with Gasteiger partial charge in [-0.2, -0.15) is 17.0 Å². The third kappa shape index (κ3) is 6.68. The van der Waals surface area contributed by atoms with E-state index in [2.05, 4.69) is 16.4 Å². The Labute approximate surface area is 253 Å². The monoisotopic (exact) mass is 615 g/mol. The number of nitrogens with zero attached hydrogens (tertiary/aromatic N) is 4. The summed E-state index contributed by atoms with van der Waals surface area (Å²) >= 11 is 3.13. The van der Waals surface area contributed by atoms with E-state index in [-0.39, 0.29) is 17.3 Å². The van der Waals surface area contributed by atoms with Crippen LogP contribution in [-0.4, -0.2) is 42.4 Å². The predicted octanol–water partition coefficient (Wildman–Crippen LogP) is 5.90. The van der Waals surface area contributed by atoms with Gasteiger partial charge in [0.25, 0.3) is 15.9 Å². The molecule has 2 heterocycles. The summed E-state index contributed by atoms with van der Waals surface area (Å²) in [6.07, 6.45) is 6.28. The van der Waals surface area contributed by atoms with Gasteiger partial charge in [0.1, 0.15) is 0 Å². The van der Waals surface area contributed by atoms with Crippen LogP contribution in [0.3, 0.4) is 0 Å². The Hall–Kier alpha value is -4.11. The maximum Gasteiger partial charge on any atom is 0.264 e. The van der Waals surface area contributed by atoms with Crippen molar-refractivity contribution in [2.45, 2.75) is 24.4 Å². The average Bonchev–Trinajstić information content (AvgIpc) is 3.65. The van der Waals surface area contributed by atoms with Crippen molar-refractivity contribution in [1.29, 1.82) is 5.26 Å². The van der Waals surface area contributed by atoms with Gasteiger partial charge < -0.3 is 9.88 Å². The standard InChI is InChI=1S/C31H29N5O3S3/c1-40-15-5-14-34-31(37)30-17-25-16-26(12-13-29(25)41-30)36(42(38,39)28-6-3-2-4-7-28)21-27-19-33-22-35(27)20-24-10-8-23(18-32)9-11-24/h2-4,6-13,16-17,19,22H,5,14-15,20-21H2,1H3,(H,34,37). The van der Waals surface area contributed by atoms with Crippen molar-refractivity contribution in [2.24, 2.45) is 0 Å². The van der Waals surface area contributed by atoms with Crippen LogP contribution in [0.15, 0.2) is 96.3 Å². The number of fused-ring (bicyclic) bond motifs is 1. The fraction of sp³-hybridized carbons (Fsp3) is 0.194. The second-order valence-corrected chi connectivity index (χ2v) is 13.5. The Morgan fingerprint density at radius 1 is 1.10 bits per heavy atom. The molecule has 0 fully saturated rings. The minimum atomic E-state index is -3.95. The van der Waals surface area contributed by atoms with Crippen LogP contribution in [0.4, 0.5) is 5.69 Å². The molecule has 214 valence electrons. The maximum absolute atomic E-state index is 14.0. The quantitative estimate of drug-likeness (QED) is 0.175. The van der Waals surface area contributed by atoms with Gasteiger partial charge in [0, 0.05) is 24.0 Å². The Bertz CT molecular complexity index is 1830. The minimum Gasteiger partial charge on any atom is -0.351 e. The van der Waals surface area contributed by atoms with Crippen LogP contribution in [0.25, 0.3) is 10.1 Å². The Morgan fingerprint density at radius 3 is 2.62 bits per heavy atom. The van der Waals surface area contributed by atoms with Gasteiger partial charge in [0.05, 0.1) is 45.7 Å². The zero-order valence-corrected chi connectivity index (χ0v) is 25.4. The highest BCUT2D eigenvalue weighted by Crippen LogP contribution is 2.33. The molecule has 5 aromatic rings. The van der Waals surface area contributed by atoms with Crippen LogP contribution >= 0.6 is 23.1 Å². The molecule has 0 aliphatic rings. The zero-order chi connectivity index (χ0) is 29.5. The Kier molecular flexibility index (Phi) is 9.27. The summed E-state index contributed by atoms with van der Waals surface area (Å²) < 4.78 is 32.2. The molecular weight excluding hydrogens is 587 g/mol. The number of amides is 1. The van der Waals surface area contributed by atoms with Crippen LogP contribution in [-0.2, 0) is 23.1 Å². The summed E-state index contributed by atoms with van der Waals surface area (Å²) in [4.78, 5) is 17.8. The molecule has 0 saturated carbocycles. The predicted molar refractivity (Wildman–Crippen MR) is 169 cm³/mol. The van der Waals surface area contributed by atoms with E-state index in [0.717, 1.165) is 27.8 Å². The number of imidazole rings is 1. The molecule has 0 unspecified atom stereocenters. The van der Waals surface area contributed by atoms with E-state index in [9.17, 15) is 13.2 Å². The molecule has 0 saturated heterocycles. The average molecular weight is 616 g/mol. The SMILES string of the molecule is CSCCCNC(=O)c1cc2cc(N(Cc3cncn3Cc3ccc(C#N)cc3)S(=O)(=O)c3ccccc3)ccc2s1. The van der Waals surface area contributed by atoms with Gasteiger partial charge in [-0.1, -0.05) is 30.3 Å². The number of aromatic nitrogens is 2. The van der Waals surface area contributed by atoms with Crippen molar-refractivity contribution in [2.75, 3.05) is 22.9 Å². The number of carbonyl (C=O) groups excluding carboxylic acids is 1. The lowest BCUT2D eigenvalue weighted by molar-refractivity contribution is 0.0958. The van der Waals surface area contributed by atoms with Crippen LogP contribution in [0.2, 0.25) is 0 Å². The number of thiophene rings is 1. The number of rotatable bonds is 12. The Balaban J connectivity index is 1.47. The van der Waals surface area contributed by atoms with E-state index < -0.39 is 10.0 Å². The zero-order valence-electron chi connectivity index (χ0n) is 22.9. The third-order valence-corrected chi connectivity index (χ3v) is 10.3. The van der Waals surface area contributed by atoms with Gasteiger partial charge in [0.2, 0.25) is 0 Å². The smallest absolute Gasteiger partial charge is 0.264 e. The number of anilines is 1. The fourth-order valence-corrected chi connectivity index (χ4v) is 7.33. The van der Waals surface area contributed by atoms with Crippen molar-refractivity contribution in [3.05, 3.63) is 113 Å². The number of hydrogen-bond donors (Lipinski definition) is 1. The first-order valence-electron chi connectivity index (χ1n) is 13.3. The lowest BCUT2D eigenvalue weighted by atomic mass is 10.1. The van der Waals surface area contributed by atoms with E-state index in [1.54, 1.807) is 72.8 Å². The molecule has 2 aromatic heterocycles. The Morgan fingerprint density at radius 2 is 1.88 bits per heavy atom. The molecule has 8 nitrogen and oxygen atoms in total. The van der Waals surface area contributed by atoms with E-state index in [1.807, 2.05) is 41.2 Å². The third-order valence-electron chi connectivity index (χ3n) is 6.69. The van der Waals surface area contributed by atoms with Crippen LogP contribution in [0.1, 0.15) is 32.9 Å². The summed E-state index contributed by atoms with van der Waals surface area (Å²) in [5, 5.41) is 12.9. The topological polar surface area (TPSA) is 108 Å². The first-order valence-corrected chi connectivity index (χ1v) is 16.9. The molecule has 3 aromatic carbocycles. The number of sulfonamides is 1. The van der Waals surface area contributed by atoms with Crippen molar-refractivity contribution in [1.82, 2.24) is 14.9 Å². The number of nitriles is 1. The molecule has 0 radical (unpaired) electrons. The summed E-state index contributed by atoms with van der Waals surface area (Å²) in [5.41, 5.74) is 2.73. The fourth-order valence-electron chi connectivity index (χ4n) is 4.49. The van der Waals surface area contributed by atoms with E-state index in [1.165, 1.54) is 15.6 Å². The van der Waals surface area contributed by atoms with Gasteiger partial charge in [-0.15, -0.1) is 11.3 Å². The highest BCUT2D eigenvalue weighted by molar-refractivity contribution is 7.98. The van der Waals surface area contributed by atoms with E-state index in [0.29, 0.717) is 34.9 Å². The molecule has 5 rings (SSSR count). The number of carbonyl (C=O) groups is 1. The minimum absolute atomic E-state index is 0.0476. The first kappa shape index (κ1) is 29.4.